The van der Waals surface area contributed by atoms with Crippen LogP contribution in [-0.2, 0) is 6.54 Å². The SMILES string of the molecule is Cl.O=[N+]([O-])c1ccc(NCCNCc2cccc(Cl)c2Cl)cc1. The van der Waals surface area contributed by atoms with E-state index in [9.17, 15) is 10.1 Å². The minimum atomic E-state index is -0.417. The lowest BCUT2D eigenvalue weighted by Crippen LogP contribution is -2.21. The van der Waals surface area contributed by atoms with Gasteiger partial charge in [0, 0.05) is 37.5 Å². The van der Waals surface area contributed by atoms with Gasteiger partial charge in [0.05, 0.1) is 15.0 Å². The van der Waals surface area contributed by atoms with E-state index < -0.39 is 4.92 Å². The van der Waals surface area contributed by atoms with E-state index in [0.717, 1.165) is 17.8 Å². The maximum atomic E-state index is 10.6. The highest BCUT2D eigenvalue weighted by Gasteiger charge is 2.04. The minimum absolute atomic E-state index is 0. The molecule has 0 aromatic heterocycles. The second-order valence-electron chi connectivity index (χ2n) is 4.62. The van der Waals surface area contributed by atoms with Crippen LogP contribution in [0, 0.1) is 10.1 Å². The van der Waals surface area contributed by atoms with Crippen molar-refractivity contribution in [3.8, 4) is 0 Å². The Morgan fingerprint density at radius 1 is 1.04 bits per heavy atom. The number of nitro groups is 1. The molecule has 8 heteroatoms. The number of benzene rings is 2. The highest BCUT2D eigenvalue weighted by Crippen LogP contribution is 2.25. The highest BCUT2D eigenvalue weighted by atomic mass is 35.5. The minimum Gasteiger partial charge on any atom is -0.384 e. The van der Waals surface area contributed by atoms with E-state index in [-0.39, 0.29) is 18.1 Å². The standard InChI is InChI=1S/C15H15Cl2N3O2.ClH/c16-14-3-1-2-11(15(14)17)10-18-8-9-19-12-4-6-13(7-5-12)20(21)22;/h1-7,18-19H,8-10H2;1H. The number of nitro benzene ring substituents is 1. The van der Waals surface area contributed by atoms with Crippen molar-refractivity contribution in [2.75, 3.05) is 18.4 Å². The van der Waals surface area contributed by atoms with Crippen LogP contribution in [0.25, 0.3) is 0 Å². The fourth-order valence-electron chi connectivity index (χ4n) is 1.90. The molecular formula is C15H16Cl3N3O2. The van der Waals surface area contributed by atoms with Crippen LogP contribution in [0.2, 0.25) is 10.0 Å². The molecule has 0 aliphatic carbocycles. The number of non-ortho nitro benzene ring substituents is 1. The summed E-state index contributed by atoms with van der Waals surface area (Å²) < 4.78 is 0. The van der Waals surface area contributed by atoms with Gasteiger partial charge in [0.1, 0.15) is 0 Å². The van der Waals surface area contributed by atoms with Crippen LogP contribution < -0.4 is 10.6 Å². The molecule has 0 atom stereocenters. The van der Waals surface area contributed by atoms with Crippen LogP contribution >= 0.6 is 35.6 Å². The summed E-state index contributed by atoms with van der Waals surface area (Å²) in [6.45, 7) is 2.04. The van der Waals surface area contributed by atoms with E-state index in [2.05, 4.69) is 10.6 Å². The molecule has 0 saturated heterocycles. The molecule has 0 aliphatic heterocycles. The first-order valence-corrected chi connectivity index (χ1v) is 7.45. The molecule has 2 aromatic carbocycles. The van der Waals surface area contributed by atoms with Gasteiger partial charge in [-0.1, -0.05) is 35.3 Å². The normalized spacial score (nSPS) is 10.0. The average Bonchev–Trinajstić information content (AvgIpc) is 2.51. The molecule has 0 unspecified atom stereocenters. The van der Waals surface area contributed by atoms with Crippen LogP contribution in [0.5, 0.6) is 0 Å². The number of halogens is 3. The predicted molar refractivity (Wildman–Crippen MR) is 97.0 cm³/mol. The summed E-state index contributed by atoms with van der Waals surface area (Å²) in [6, 6.07) is 11.9. The summed E-state index contributed by atoms with van der Waals surface area (Å²) in [7, 11) is 0. The van der Waals surface area contributed by atoms with Crippen molar-refractivity contribution in [1.29, 1.82) is 0 Å². The molecule has 124 valence electrons. The number of hydrogen-bond donors (Lipinski definition) is 2. The molecular weight excluding hydrogens is 361 g/mol. The second kappa shape index (κ2) is 9.57. The molecule has 0 amide bonds. The Bertz CT molecular complexity index is 651. The maximum absolute atomic E-state index is 10.6. The third-order valence-corrected chi connectivity index (χ3v) is 3.91. The summed E-state index contributed by atoms with van der Waals surface area (Å²) in [6.07, 6.45) is 0. The first-order chi connectivity index (χ1) is 10.6. The zero-order valence-electron chi connectivity index (χ0n) is 12.1. The molecule has 0 radical (unpaired) electrons. The van der Waals surface area contributed by atoms with Gasteiger partial charge in [-0.05, 0) is 23.8 Å². The zero-order chi connectivity index (χ0) is 15.9. The van der Waals surface area contributed by atoms with Gasteiger partial charge in [-0.2, -0.15) is 0 Å². The largest absolute Gasteiger partial charge is 0.384 e. The quantitative estimate of drug-likeness (QED) is 0.423. The zero-order valence-corrected chi connectivity index (χ0v) is 14.4. The molecule has 0 aliphatic rings. The fraction of sp³-hybridized carbons (Fsp3) is 0.200. The van der Waals surface area contributed by atoms with Crippen molar-refractivity contribution >= 4 is 47.0 Å². The van der Waals surface area contributed by atoms with Gasteiger partial charge >= 0.3 is 0 Å². The van der Waals surface area contributed by atoms with Crippen molar-refractivity contribution in [3.05, 3.63) is 68.2 Å². The van der Waals surface area contributed by atoms with Crippen LogP contribution in [0.15, 0.2) is 42.5 Å². The predicted octanol–water partition coefficient (Wildman–Crippen LogP) is 4.53. The van der Waals surface area contributed by atoms with E-state index in [4.69, 9.17) is 23.2 Å². The lowest BCUT2D eigenvalue weighted by atomic mass is 10.2. The first kappa shape index (κ1) is 19.5. The molecule has 0 heterocycles. The van der Waals surface area contributed by atoms with Crippen molar-refractivity contribution in [1.82, 2.24) is 5.32 Å². The number of rotatable bonds is 7. The van der Waals surface area contributed by atoms with E-state index in [1.165, 1.54) is 12.1 Å². The van der Waals surface area contributed by atoms with E-state index >= 15 is 0 Å². The summed E-state index contributed by atoms with van der Waals surface area (Å²) >= 11 is 12.0. The Labute approximate surface area is 150 Å². The molecule has 0 saturated carbocycles. The second-order valence-corrected chi connectivity index (χ2v) is 5.41. The van der Waals surface area contributed by atoms with Crippen LogP contribution in [0.4, 0.5) is 11.4 Å². The smallest absolute Gasteiger partial charge is 0.269 e. The van der Waals surface area contributed by atoms with Gasteiger partial charge in [-0.15, -0.1) is 12.4 Å². The Morgan fingerprint density at radius 3 is 2.39 bits per heavy atom. The van der Waals surface area contributed by atoms with Gasteiger partial charge in [0.25, 0.3) is 5.69 Å². The molecule has 2 aromatic rings. The molecule has 23 heavy (non-hydrogen) atoms. The number of nitrogens with zero attached hydrogens (tertiary/aromatic N) is 1. The van der Waals surface area contributed by atoms with E-state index in [1.54, 1.807) is 18.2 Å². The number of hydrogen-bond acceptors (Lipinski definition) is 4. The Kier molecular flexibility index (Phi) is 8.12. The number of anilines is 1. The van der Waals surface area contributed by atoms with E-state index in [0.29, 0.717) is 23.1 Å². The molecule has 2 rings (SSSR count). The molecule has 5 nitrogen and oxygen atoms in total. The highest BCUT2D eigenvalue weighted by molar-refractivity contribution is 6.42. The van der Waals surface area contributed by atoms with Crippen molar-refractivity contribution in [3.63, 3.8) is 0 Å². The van der Waals surface area contributed by atoms with Gasteiger partial charge in [0.2, 0.25) is 0 Å². The van der Waals surface area contributed by atoms with Gasteiger partial charge < -0.3 is 10.6 Å². The molecule has 0 bridgehead atoms. The fourth-order valence-corrected chi connectivity index (χ4v) is 2.29. The average molecular weight is 377 g/mol. The van der Waals surface area contributed by atoms with Gasteiger partial charge in [0.15, 0.2) is 0 Å². The third-order valence-electron chi connectivity index (χ3n) is 3.06. The summed E-state index contributed by atoms with van der Waals surface area (Å²) in [5, 5.41) is 18.1. The van der Waals surface area contributed by atoms with E-state index in [1.807, 2.05) is 12.1 Å². The van der Waals surface area contributed by atoms with Crippen molar-refractivity contribution in [2.24, 2.45) is 0 Å². The Balaban J connectivity index is 0.00000264. The molecule has 2 N–H and O–H groups in total. The summed E-state index contributed by atoms with van der Waals surface area (Å²) in [5.41, 5.74) is 1.87. The lowest BCUT2D eigenvalue weighted by molar-refractivity contribution is -0.384. The van der Waals surface area contributed by atoms with Gasteiger partial charge in [-0.25, -0.2) is 0 Å². The van der Waals surface area contributed by atoms with Crippen LogP contribution in [-0.4, -0.2) is 18.0 Å². The van der Waals surface area contributed by atoms with Gasteiger partial charge in [-0.3, -0.25) is 10.1 Å². The summed E-state index contributed by atoms with van der Waals surface area (Å²) in [5.74, 6) is 0. The van der Waals surface area contributed by atoms with Crippen LogP contribution in [0.3, 0.4) is 0 Å². The van der Waals surface area contributed by atoms with Crippen LogP contribution in [0.1, 0.15) is 5.56 Å². The van der Waals surface area contributed by atoms with Crippen molar-refractivity contribution < 1.29 is 4.92 Å². The monoisotopic (exact) mass is 375 g/mol. The van der Waals surface area contributed by atoms with Crippen molar-refractivity contribution in [2.45, 2.75) is 6.54 Å². The molecule has 0 spiro atoms. The summed E-state index contributed by atoms with van der Waals surface area (Å²) in [4.78, 5) is 10.1. The number of nitrogens with one attached hydrogen (secondary N) is 2. The maximum Gasteiger partial charge on any atom is 0.269 e. The lowest BCUT2D eigenvalue weighted by Gasteiger charge is -2.09. The Hall–Kier alpha value is -1.53. The first-order valence-electron chi connectivity index (χ1n) is 6.70. The molecule has 0 fully saturated rings. The third kappa shape index (κ3) is 5.88. The Morgan fingerprint density at radius 2 is 1.74 bits per heavy atom. The topological polar surface area (TPSA) is 67.2 Å².